The first-order valence-electron chi connectivity index (χ1n) is 20.9. The normalized spacial score (nSPS) is 11.6. The Bertz CT molecular complexity index is 3580. The minimum Gasteiger partial charge on any atom is -0.310 e. The summed E-state index contributed by atoms with van der Waals surface area (Å²) < 4.78 is 4.81. The van der Waals surface area contributed by atoms with Gasteiger partial charge in [-0.2, -0.15) is 0 Å². The molecule has 286 valence electrons. The van der Waals surface area contributed by atoms with Crippen molar-refractivity contribution >= 4 is 71.4 Å². The third-order valence-corrected chi connectivity index (χ3v) is 12.3. The number of rotatable bonds is 7. The molecule has 0 aliphatic heterocycles. The maximum Gasteiger partial charge on any atom is 0.0562 e. The van der Waals surface area contributed by atoms with Crippen molar-refractivity contribution in [1.82, 2.24) is 9.13 Å². The lowest BCUT2D eigenvalue weighted by molar-refractivity contribution is 1.18. The molecule has 0 saturated heterocycles. The van der Waals surface area contributed by atoms with E-state index in [0.717, 1.165) is 34.0 Å². The molecule has 0 N–H and O–H groups in total. The van der Waals surface area contributed by atoms with Gasteiger partial charge in [0.2, 0.25) is 0 Å². The van der Waals surface area contributed by atoms with Crippen molar-refractivity contribution in [3.63, 3.8) is 0 Å². The average molecular weight is 778 g/mol. The molecule has 3 nitrogen and oxygen atoms in total. The monoisotopic (exact) mass is 777 g/mol. The van der Waals surface area contributed by atoms with Gasteiger partial charge in [-0.25, -0.2) is 0 Å². The van der Waals surface area contributed by atoms with Crippen molar-refractivity contribution < 1.29 is 0 Å². The zero-order chi connectivity index (χ0) is 40.3. The molecule has 0 aliphatic rings. The molecular weight excluding hydrogens is 739 g/mol. The quantitative estimate of drug-likeness (QED) is 0.157. The maximum atomic E-state index is 2.44. The summed E-state index contributed by atoms with van der Waals surface area (Å²) >= 11 is 0. The second-order valence-electron chi connectivity index (χ2n) is 15.8. The SMILES string of the molecule is c1ccc(-c2cccc(-n3c4ccccc4c4c(N(c5ccc(-c6ccc7c8ccccc8n(-c8ccccc8)c7c6)cc5)c5ccc6ccccc6c5)cccc43)c2)cc1. The molecule has 0 aliphatic carbocycles. The Balaban J connectivity index is 1.03. The van der Waals surface area contributed by atoms with Gasteiger partial charge in [0.25, 0.3) is 0 Å². The maximum absolute atomic E-state index is 2.44. The van der Waals surface area contributed by atoms with Crippen LogP contribution in [-0.2, 0) is 0 Å². The fourth-order valence-electron chi connectivity index (χ4n) is 9.47. The first-order chi connectivity index (χ1) is 30.3. The van der Waals surface area contributed by atoms with E-state index < -0.39 is 0 Å². The summed E-state index contributed by atoms with van der Waals surface area (Å²) in [5.74, 6) is 0. The highest BCUT2D eigenvalue weighted by molar-refractivity contribution is 6.17. The van der Waals surface area contributed by atoms with Gasteiger partial charge in [-0.1, -0.05) is 158 Å². The average Bonchev–Trinajstić information content (AvgIpc) is 3.85. The number of fused-ring (bicyclic) bond motifs is 7. The Labute approximate surface area is 354 Å². The van der Waals surface area contributed by atoms with E-state index in [-0.39, 0.29) is 0 Å². The van der Waals surface area contributed by atoms with Crippen LogP contribution in [0.4, 0.5) is 17.1 Å². The Morgan fingerprint density at radius 2 is 0.820 bits per heavy atom. The largest absolute Gasteiger partial charge is 0.310 e. The number of hydrogen-bond acceptors (Lipinski definition) is 1. The molecule has 0 unspecified atom stereocenters. The molecule has 61 heavy (non-hydrogen) atoms. The van der Waals surface area contributed by atoms with Gasteiger partial charge in [0.05, 0.1) is 27.8 Å². The van der Waals surface area contributed by atoms with Crippen LogP contribution in [0.3, 0.4) is 0 Å². The van der Waals surface area contributed by atoms with Crippen molar-refractivity contribution in [3.05, 3.63) is 237 Å². The lowest BCUT2D eigenvalue weighted by atomic mass is 10.0. The number of hydrogen-bond donors (Lipinski definition) is 0. The number of anilines is 3. The van der Waals surface area contributed by atoms with E-state index >= 15 is 0 Å². The summed E-state index contributed by atoms with van der Waals surface area (Å²) in [5, 5.41) is 7.35. The number of aromatic nitrogens is 2. The second kappa shape index (κ2) is 14.3. The van der Waals surface area contributed by atoms with E-state index in [9.17, 15) is 0 Å². The topological polar surface area (TPSA) is 13.1 Å². The van der Waals surface area contributed by atoms with Crippen LogP contribution < -0.4 is 4.90 Å². The van der Waals surface area contributed by atoms with Gasteiger partial charge in [-0.05, 0) is 112 Å². The minimum absolute atomic E-state index is 1.09. The highest BCUT2D eigenvalue weighted by atomic mass is 15.1. The Morgan fingerprint density at radius 3 is 1.64 bits per heavy atom. The molecule has 12 rings (SSSR count). The predicted octanol–water partition coefficient (Wildman–Crippen LogP) is 15.8. The molecule has 0 radical (unpaired) electrons. The molecule has 0 atom stereocenters. The Morgan fingerprint density at radius 1 is 0.279 bits per heavy atom. The fraction of sp³-hybridized carbons (Fsp3) is 0. The van der Waals surface area contributed by atoms with Crippen molar-refractivity contribution in [2.75, 3.05) is 4.90 Å². The van der Waals surface area contributed by atoms with Crippen molar-refractivity contribution in [2.24, 2.45) is 0 Å². The second-order valence-corrected chi connectivity index (χ2v) is 15.8. The molecule has 3 heteroatoms. The van der Waals surface area contributed by atoms with Crippen molar-refractivity contribution in [3.8, 4) is 33.6 Å². The van der Waals surface area contributed by atoms with Gasteiger partial charge < -0.3 is 14.0 Å². The van der Waals surface area contributed by atoms with Crippen LogP contribution >= 0.6 is 0 Å². The van der Waals surface area contributed by atoms with E-state index in [1.54, 1.807) is 0 Å². The zero-order valence-electron chi connectivity index (χ0n) is 33.4. The molecule has 12 aromatic rings. The third kappa shape index (κ3) is 5.82. The summed E-state index contributed by atoms with van der Waals surface area (Å²) in [6.07, 6.45) is 0. The first-order valence-corrected chi connectivity index (χ1v) is 20.9. The molecule has 0 spiro atoms. The Hall–Kier alpha value is -8.14. The Kier molecular flexibility index (Phi) is 8.17. The summed E-state index contributed by atoms with van der Waals surface area (Å²) in [6, 6.07) is 86.0. The molecule has 0 fully saturated rings. The van der Waals surface area contributed by atoms with E-state index in [2.05, 4.69) is 251 Å². The molecule has 10 aromatic carbocycles. The lowest BCUT2D eigenvalue weighted by Gasteiger charge is -2.27. The third-order valence-electron chi connectivity index (χ3n) is 12.3. The van der Waals surface area contributed by atoms with E-state index in [1.165, 1.54) is 71.1 Å². The fourth-order valence-corrected chi connectivity index (χ4v) is 9.47. The minimum atomic E-state index is 1.09. The van der Waals surface area contributed by atoms with Crippen LogP contribution in [0.5, 0.6) is 0 Å². The standard InChI is InChI=1S/C58H39N3/c1-3-15-40(16-4-1)44-19-13-22-48(37-44)61-54-26-12-10-24-52(54)58-55(27-14-28-56(58)61)59(49-35-31-41-17-7-8-18-43(41)38-49)47-33-29-42(30-34-47)45-32-36-51-50-23-9-11-25-53(50)60(57(51)39-45)46-20-5-2-6-21-46/h1-39H. The van der Waals surface area contributed by atoms with E-state index in [0.29, 0.717) is 0 Å². The predicted molar refractivity (Wildman–Crippen MR) is 258 cm³/mol. The van der Waals surface area contributed by atoms with Gasteiger partial charge in [0.1, 0.15) is 0 Å². The van der Waals surface area contributed by atoms with Gasteiger partial charge in [-0.3, -0.25) is 0 Å². The van der Waals surface area contributed by atoms with Crippen LogP contribution in [0.15, 0.2) is 237 Å². The molecular formula is C58H39N3. The zero-order valence-corrected chi connectivity index (χ0v) is 33.4. The molecule has 2 aromatic heterocycles. The number of benzene rings is 10. The van der Waals surface area contributed by atoms with Crippen molar-refractivity contribution in [1.29, 1.82) is 0 Å². The molecule has 2 heterocycles. The van der Waals surface area contributed by atoms with Gasteiger partial charge in [0.15, 0.2) is 0 Å². The van der Waals surface area contributed by atoms with Gasteiger partial charge in [0, 0.05) is 44.3 Å². The lowest BCUT2D eigenvalue weighted by Crippen LogP contribution is -2.10. The molecule has 0 saturated carbocycles. The van der Waals surface area contributed by atoms with Crippen LogP contribution in [0, 0.1) is 0 Å². The number of para-hydroxylation sites is 3. The summed E-state index contributed by atoms with van der Waals surface area (Å²) in [6.45, 7) is 0. The summed E-state index contributed by atoms with van der Waals surface area (Å²) in [4.78, 5) is 2.44. The van der Waals surface area contributed by atoms with Crippen LogP contribution in [0.1, 0.15) is 0 Å². The summed E-state index contributed by atoms with van der Waals surface area (Å²) in [5.41, 5.74) is 15.1. The van der Waals surface area contributed by atoms with Crippen LogP contribution in [0.25, 0.3) is 88.0 Å². The first kappa shape index (κ1) is 34.9. The number of nitrogens with zero attached hydrogens (tertiary/aromatic N) is 3. The smallest absolute Gasteiger partial charge is 0.0562 e. The van der Waals surface area contributed by atoms with Gasteiger partial charge in [-0.15, -0.1) is 0 Å². The van der Waals surface area contributed by atoms with Gasteiger partial charge >= 0.3 is 0 Å². The van der Waals surface area contributed by atoms with Crippen LogP contribution in [0.2, 0.25) is 0 Å². The van der Waals surface area contributed by atoms with Crippen LogP contribution in [-0.4, -0.2) is 9.13 Å². The summed E-state index contributed by atoms with van der Waals surface area (Å²) in [7, 11) is 0. The highest BCUT2D eigenvalue weighted by Gasteiger charge is 2.22. The van der Waals surface area contributed by atoms with Crippen molar-refractivity contribution in [2.45, 2.75) is 0 Å². The molecule has 0 amide bonds. The molecule has 0 bridgehead atoms. The van der Waals surface area contributed by atoms with E-state index in [1.807, 2.05) is 0 Å². The highest BCUT2D eigenvalue weighted by Crippen LogP contribution is 2.45. The van der Waals surface area contributed by atoms with E-state index in [4.69, 9.17) is 0 Å².